The van der Waals surface area contributed by atoms with E-state index in [0.29, 0.717) is 12.2 Å². The lowest BCUT2D eigenvalue weighted by molar-refractivity contribution is -0.131. The van der Waals surface area contributed by atoms with Crippen LogP contribution in [0.2, 0.25) is 0 Å². The van der Waals surface area contributed by atoms with Crippen molar-refractivity contribution in [2.24, 2.45) is 0 Å². The third-order valence-corrected chi connectivity index (χ3v) is 2.65. The van der Waals surface area contributed by atoms with Crippen molar-refractivity contribution >= 4 is 23.8 Å². The lowest BCUT2D eigenvalue weighted by Gasteiger charge is -2.07. The molecule has 0 bridgehead atoms. The maximum Gasteiger partial charge on any atom is 0.328 e. The molecule has 0 fully saturated rings. The molecule has 0 aromatic heterocycles. The third kappa shape index (κ3) is 6.58. The zero-order valence-electron chi connectivity index (χ0n) is 11.6. The van der Waals surface area contributed by atoms with Gasteiger partial charge in [-0.25, -0.2) is 9.59 Å². The van der Waals surface area contributed by atoms with Gasteiger partial charge in [0.1, 0.15) is 0 Å². The molecule has 2 amide bonds. The van der Waals surface area contributed by atoms with Crippen LogP contribution in [-0.4, -0.2) is 23.7 Å². The van der Waals surface area contributed by atoms with Crippen molar-refractivity contribution in [2.75, 3.05) is 11.9 Å². The van der Waals surface area contributed by atoms with E-state index in [1.54, 1.807) is 24.3 Å². The maximum absolute atomic E-state index is 11.6. The molecule has 0 aliphatic heterocycles. The average Bonchev–Trinajstić information content (AvgIpc) is 2.43. The van der Waals surface area contributed by atoms with Gasteiger partial charge in [-0.2, -0.15) is 0 Å². The number of aliphatic carboxylic acids is 1. The van der Waals surface area contributed by atoms with Gasteiger partial charge in [0.25, 0.3) is 0 Å². The molecule has 1 aromatic carbocycles. The van der Waals surface area contributed by atoms with E-state index in [1.165, 1.54) is 6.08 Å². The third-order valence-electron chi connectivity index (χ3n) is 2.65. The molecule has 0 atom stereocenters. The molecule has 1 aromatic rings. The van der Waals surface area contributed by atoms with Gasteiger partial charge in [-0.3, -0.25) is 0 Å². The Labute approximate surface area is 118 Å². The lowest BCUT2D eigenvalue weighted by Crippen LogP contribution is -2.29. The van der Waals surface area contributed by atoms with Crippen molar-refractivity contribution in [1.82, 2.24) is 5.32 Å². The van der Waals surface area contributed by atoms with Gasteiger partial charge in [-0.1, -0.05) is 31.9 Å². The molecule has 1 rings (SSSR count). The first-order chi connectivity index (χ1) is 9.61. The Balaban J connectivity index is 2.41. The highest BCUT2D eigenvalue weighted by atomic mass is 16.4. The van der Waals surface area contributed by atoms with Crippen molar-refractivity contribution in [3.63, 3.8) is 0 Å². The fraction of sp³-hybridized carbons (Fsp3) is 0.333. The van der Waals surface area contributed by atoms with E-state index >= 15 is 0 Å². The molecule has 0 saturated heterocycles. The molecule has 5 heteroatoms. The highest BCUT2D eigenvalue weighted by Gasteiger charge is 2.00. The van der Waals surface area contributed by atoms with Crippen LogP contribution in [0.4, 0.5) is 10.5 Å². The number of carbonyl (C=O) groups is 2. The minimum atomic E-state index is -0.987. The first kappa shape index (κ1) is 15.8. The summed E-state index contributed by atoms with van der Waals surface area (Å²) in [6, 6.07) is 6.72. The number of unbranched alkanes of at least 4 members (excludes halogenated alkanes) is 2. The van der Waals surface area contributed by atoms with Gasteiger partial charge in [0, 0.05) is 18.3 Å². The molecule has 20 heavy (non-hydrogen) atoms. The van der Waals surface area contributed by atoms with E-state index in [2.05, 4.69) is 17.6 Å². The predicted octanol–water partition coefficient (Wildman–Crippen LogP) is 3.10. The summed E-state index contributed by atoms with van der Waals surface area (Å²) in [5.74, 6) is -0.987. The van der Waals surface area contributed by atoms with Gasteiger partial charge in [0.05, 0.1) is 0 Å². The van der Waals surface area contributed by atoms with E-state index in [0.717, 1.165) is 30.9 Å². The monoisotopic (exact) mass is 276 g/mol. The SMILES string of the molecule is CCCCCNC(=O)Nc1ccc(C=CC(=O)O)cc1. The van der Waals surface area contributed by atoms with E-state index in [1.807, 2.05) is 0 Å². The predicted molar refractivity (Wildman–Crippen MR) is 79.7 cm³/mol. The van der Waals surface area contributed by atoms with Crippen molar-refractivity contribution in [2.45, 2.75) is 26.2 Å². The first-order valence-corrected chi connectivity index (χ1v) is 6.67. The Morgan fingerprint density at radius 1 is 1.20 bits per heavy atom. The van der Waals surface area contributed by atoms with Crippen LogP contribution in [0.15, 0.2) is 30.3 Å². The first-order valence-electron chi connectivity index (χ1n) is 6.67. The molecule has 0 aliphatic carbocycles. The molecule has 0 aliphatic rings. The summed E-state index contributed by atoms with van der Waals surface area (Å²) in [5, 5.41) is 14.0. The lowest BCUT2D eigenvalue weighted by atomic mass is 10.2. The summed E-state index contributed by atoms with van der Waals surface area (Å²) in [5.41, 5.74) is 1.44. The van der Waals surface area contributed by atoms with Crippen LogP contribution < -0.4 is 10.6 Å². The van der Waals surface area contributed by atoms with Crippen LogP contribution in [0.3, 0.4) is 0 Å². The number of carboxylic acids is 1. The molecule has 0 unspecified atom stereocenters. The topological polar surface area (TPSA) is 78.4 Å². The molecular formula is C15H20N2O3. The largest absolute Gasteiger partial charge is 0.478 e. The van der Waals surface area contributed by atoms with Crippen LogP contribution in [0, 0.1) is 0 Å². The average molecular weight is 276 g/mol. The zero-order chi connectivity index (χ0) is 14.8. The fourth-order valence-corrected chi connectivity index (χ4v) is 1.60. The van der Waals surface area contributed by atoms with Gasteiger partial charge in [0.2, 0.25) is 0 Å². The van der Waals surface area contributed by atoms with Crippen LogP contribution in [-0.2, 0) is 4.79 Å². The number of carboxylic acid groups (broad SMARTS) is 1. The van der Waals surface area contributed by atoms with Crippen LogP contribution in [0.25, 0.3) is 6.08 Å². The second-order valence-corrected chi connectivity index (χ2v) is 4.38. The van der Waals surface area contributed by atoms with Gasteiger partial charge in [-0.15, -0.1) is 0 Å². The summed E-state index contributed by atoms with van der Waals surface area (Å²) in [6.07, 6.45) is 5.77. The van der Waals surface area contributed by atoms with E-state index in [4.69, 9.17) is 5.11 Å². The number of amides is 2. The molecule has 0 radical (unpaired) electrons. The summed E-state index contributed by atoms with van der Waals surface area (Å²) in [7, 11) is 0. The Bertz CT molecular complexity index is 467. The van der Waals surface area contributed by atoms with Gasteiger partial charge >= 0.3 is 12.0 Å². The van der Waals surface area contributed by atoms with Crippen molar-refractivity contribution in [3.05, 3.63) is 35.9 Å². The minimum Gasteiger partial charge on any atom is -0.478 e. The van der Waals surface area contributed by atoms with Crippen molar-refractivity contribution in [1.29, 1.82) is 0 Å². The molecular weight excluding hydrogens is 256 g/mol. The number of hydrogen-bond acceptors (Lipinski definition) is 2. The summed E-state index contributed by atoms with van der Waals surface area (Å²) < 4.78 is 0. The summed E-state index contributed by atoms with van der Waals surface area (Å²) in [4.78, 5) is 21.9. The maximum atomic E-state index is 11.6. The van der Waals surface area contributed by atoms with Gasteiger partial charge in [0.15, 0.2) is 0 Å². The van der Waals surface area contributed by atoms with Crippen molar-refractivity contribution in [3.8, 4) is 0 Å². The summed E-state index contributed by atoms with van der Waals surface area (Å²) in [6.45, 7) is 2.78. The Hall–Kier alpha value is -2.30. The number of rotatable bonds is 7. The van der Waals surface area contributed by atoms with Gasteiger partial charge < -0.3 is 15.7 Å². The zero-order valence-corrected chi connectivity index (χ0v) is 11.6. The number of hydrogen-bond donors (Lipinski definition) is 3. The Morgan fingerprint density at radius 2 is 1.90 bits per heavy atom. The highest BCUT2D eigenvalue weighted by Crippen LogP contribution is 2.10. The number of carbonyl (C=O) groups excluding carboxylic acids is 1. The second-order valence-electron chi connectivity index (χ2n) is 4.38. The van der Waals surface area contributed by atoms with Crippen molar-refractivity contribution < 1.29 is 14.7 Å². The van der Waals surface area contributed by atoms with E-state index < -0.39 is 5.97 Å². The molecule has 0 saturated carbocycles. The van der Waals surface area contributed by atoms with E-state index in [-0.39, 0.29) is 6.03 Å². The molecule has 5 nitrogen and oxygen atoms in total. The normalized spacial score (nSPS) is 10.4. The number of benzene rings is 1. The van der Waals surface area contributed by atoms with E-state index in [9.17, 15) is 9.59 Å². The van der Waals surface area contributed by atoms with Crippen LogP contribution >= 0.6 is 0 Å². The van der Waals surface area contributed by atoms with Crippen LogP contribution in [0.5, 0.6) is 0 Å². The number of anilines is 1. The minimum absolute atomic E-state index is 0.227. The number of urea groups is 1. The Kier molecular flexibility index (Phi) is 6.89. The smallest absolute Gasteiger partial charge is 0.328 e. The fourth-order valence-electron chi connectivity index (χ4n) is 1.60. The highest BCUT2D eigenvalue weighted by molar-refractivity contribution is 5.89. The number of nitrogens with one attached hydrogen (secondary N) is 2. The quantitative estimate of drug-likeness (QED) is 0.529. The molecule has 108 valence electrons. The molecule has 3 N–H and O–H groups in total. The molecule has 0 heterocycles. The Morgan fingerprint density at radius 3 is 2.50 bits per heavy atom. The molecule has 0 spiro atoms. The second kappa shape index (κ2) is 8.74. The van der Waals surface area contributed by atoms with Crippen LogP contribution in [0.1, 0.15) is 31.7 Å². The standard InChI is InChI=1S/C15H20N2O3/c1-2-3-4-11-16-15(20)17-13-8-5-12(6-9-13)7-10-14(18)19/h5-10H,2-4,11H2,1H3,(H,18,19)(H2,16,17,20). The summed E-state index contributed by atoms with van der Waals surface area (Å²) >= 11 is 0. The van der Waals surface area contributed by atoms with Gasteiger partial charge in [-0.05, 0) is 30.2 Å².